The molecule has 0 bridgehead atoms. The number of hydrogen-bond donors (Lipinski definition) is 0. The van der Waals surface area contributed by atoms with Crippen molar-refractivity contribution < 1.29 is 23.9 Å². The number of esters is 1. The molecule has 7 nitrogen and oxygen atoms in total. The van der Waals surface area contributed by atoms with Crippen LogP contribution < -0.4 is 4.74 Å². The molecule has 0 N–H and O–H groups in total. The van der Waals surface area contributed by atoms with Crippen LogP contribution in [-0.2, 0) is 19.1 Å². The van der Waals surface area contributed by atoms with E-state index in [-0.39, 0.29) is 37.7 Å². The van der Waals surface area contributed by atoms with Crippen molar-refractivity contribution in [3.05, 3.63) is 60.7 Å². The number of methoxy groups -OCH3 is 1. The molecule has 1 aromatic carbocycles. The molecule has 0 aliphatic heterocycles. The second-order valence-electron chi connectivity index (χ2n) is 7.45. The standard InChI is InChI=1S/C27H36N2O5.2C2H6/c1-6-9-10-11-12-13-26(31)29(25(30)7-2)19-18-28-24(27(32)34-8-3)20-21(4)22-14-16-23(33-5)17-15-22;2*1-2/h7,11-12,14-17,20H,2,6,8-10,13,18-19H2,1,3-5H3;2*1-2H3/b12-11-,21-20+,28-24?;;. The maximum Gasteiger partial charge on any atom is 0.356 e. The van der Waals surface area contributed by atoms with Gasteiger partial charge < -0.3 is 9.47 Å². The van der Waals surface area contributed by atoms with Crippen molar-refractivity contribution in [3.63, 3.8) is 0 Å². The minimum atomic E-state index is -0.567. The minimum Gasteiger partial charge on any atom is -0.497 e. The number of rotatable bonds is 14. The fraction of sp³-hybridized carbons (Fsp3) is 0.484. The Balaban J connectivity index is 0. The van der Waals surface area contributed by atoms with Crippen LogP contribution in [0.1, 0.15) is 79.7 Å². The summed E-state index contributed by atoms with van der Waals surface area (Å²) in [5, 5.41) is 0. The molecule has 0 unspecified atom stereocenters. The van der Waals surface area contributed by atoms with Crippen molar-refractivity contribution in [2.24, 2.45) is 4.99 Å². The number of carbonyl (C=O) groups excluding carboxylic acids is 3. The van der Waals surface area contributed by atoms with Crippen molar-refractivity contribution in [2.75, 3.05) is 26.8 Å². The van der Waals surface area contributed by atoms with Gasteiger partial charge in [-0.3, -0.25) is 19.5 Å². The highest BCUT2D eigenvalue weighted by atomic mass is 16.5. The molecule has 7 heteroatoms. The van der Waals surface area contributed by atoms with E-state index in [1.54, 1.807) is 26.2 Å². The Bertz CT molecular complexity index is 915. The number of allylic oxidation sites excluding steroid dienone is 2. The Morgan fingerprint density at radius 2 is 1.66 bits per heavy atom. The number of hydrogen-bond acceptors (Lipinski definition) is 6. The molecule has 0 heterocycles. The van der Waals surface area contributed by atoms with Gasteiger partial charge in [0.1, 0.15) is 11.5 Å². The van der Waals surface area contributed by atoms with Gasteiger partial charge in [0.15, 0.2) is 0 Å². The molecular weight excluding hydrogens is 480 g/mol. The second kappa shape index (κ2) is 23.9. The lowest BCUT2D eigenvalue weighted by atomic mass is 10.1. The Morgan fingerprint density at radius 3 is 2.18 bits per heavy atom. The molecule has 38 heavy (non-hydrogen) atoms. The Morgan fingerprint density at radius 1 is 1.03 bits per heavy atom. The van der Waals surface area contributed by atoms with E-state index in [2.05, 4.69) is 18.5 Å². The summed E-state index contributed by atoms with van der Waals surface area (Å²) in [5.74, 6) is -0.671. The first-order chi connectivity index (χ1) is 18.4. The van der Waals surface area contributed by atoms with Gasteiger partial charge in [-0.15, -0.1) is 0 Å². The van der Waals surface area contributed by atoms with Gasteiger partial charge in [-0.05, 0) is 55.7 Å². The molecule has 0 spiro atoms. The maximum atomic E-state index is 12.5. The Hall–Kier alpha value is -3.48. The van der Waals surface area contributed by atoms with Crippen LogP contribution in [0.3, 0.4) is 0 Å². The van der Waals surface area contributed by atoms with Gasteiger partial charge >= 0.3 is 5.97 Å². The van der Waals surface area contributed by atoms with Crippen LogP contribution in [-0.4, -0.2) is 55.2 Å². The molecular formula is C31H48N2O5. The van der Waals surface area contributed by atoms with Gasteiger partial charge in [0.2, 0.25) is 5.91 Å². The van der Waals surface area contributed by atoms with Gasteiger partial charge in [0.05, 0.1) is 20.3 Å². The van der Waals surface area contributed by atoms with Gasteiger partial charge in [-0.2, -0.15) is 0 Å². The minimum absolute atomic E-state index is 0.0326. The van der Waals surface area contributed by atoms with Gasteiger partial charge in [0.25, 0.3) is 5.91 Å². The third-order valence-electron chi connectivity index (χ3n) is 4.91. The summed E-state index contributed by atoms with van der Waals surface area (Å²) in [5.41, 5.74) is 1.82. The van der Waals surface area contributed by atoms with E-state index in [4.69, 9.17) is 9.47 Å². The first-order valence-corrected chi connectivity index (χ1v) is 13.5. The molecule has 0 fully saturated rings. The third-order valence-corrected chi connectivity index (χ3v) is 4.91. The van der Waals surface area contributed by atoms with E-state index in [0.717, 1.165) is 47.1 Å². The number of amides is 2. The molecule has 0 aliphatic carbocycles. The number of imide groups is 1. The zero-order valence-electron chi connectivity index (χ0n) is 24.7. The first-order valence-electron chi connectivity index (χ1n) is 13.5. The van der Waals surface area contributed by atoms with E-state index >= 15 is 0 Å². The number of nitrogens with zero attached hydrogens (tertiary/aromatic N) is 2. The highest BCUT2D eigenvalue weighted by Gasteiger charge is 2.18. The van der Waals surface area contributed by atoms with E-state index in [9.17, 15) is 14.4 Å². The topological polar surface area (TPSA) is 85.3 Å². The summed E-state index contributed by atoms with van der Waals surface area (Å²) in [4.78, 5) is 42.7. The van der Waals surface area contributed by atoms with Crippen molar-refractivity contribution in [3.8, 4) is 5.75 Å². The smallest absolute Gasteiger partial charge is 0.356 e. The van der Waals surface area contributed by atoms with Gasteiger partial charge in [-0.1, -0.05) is 78.3 Å². The molecule has 2 amide bonds. The molecule has 0 aromatic heterocycles. The molecule has 0 saturated heterocycles. The van der Waals surface area contributed by atoms with E-state index < -0.39 is 11.9 Å². The quantitative estimate of drug-likeness (QED) is 0.0868. The van der Waals surface area contributed by atoms with Crippen LogP contribution in [0.5, 0.6) is 5.75 Å². The molecule has 0 aliphatic rings. The van der Waals surface area contributed by atoms with Crippen LogP contribution in [0.15, 0.2) is 60.1 Å². The highest BCUT2D eigenvalue weighted by molar-refractivity contribution is 6.42. The maximum absolute atomic E-state index is 12.5. The molecule has 212 valence electrons. The predicted molar refractivity (Wildman–Crippen MR) is 158 cm³/mol. The van der Waals surface area contributed by atoms with Gasteiger partial charge in [0, 0.05) is 13.0 Å². The fourth-order valence-corrected chi connectivity index (χ4v) is 2.99. The number of unbranched alkanes of at least 4 members (excludes halogenated alkanes) is 2. The van der Waals surface area contributed by atoms with E-state index in [1.165, 1.54) is 0 Å². The van der Waals surface area contributed by atoms with Gasteiger partial charge in [-0.25, -0.2) is 4.79 Å². The fourth-order valence-electron chi connectivity index (χ4n) is 2.99. The lowest BCUT2D eigenvalue weighted by molar-refractivity contribution is -0.141. The van der Waals surface area contributed by atoms with Crippen LogP contribution >= 0.6 is 0 Å². The monoisotopic (exact) mass is 528 g/mol. The molecule has 1 rings (SSSR count). The first kappa shape index (κ1) is 36.7. The number of aliphatic imine (C=N–C) groups is 1. The summed E-state index contributed by atoms with van der Waals surface area (Å²) >= 11 is 0. The lowest BCUT2D eigenvalue weighted by Gasteiger charge is -2.17. The molecule has 0 atom stereocenters. The summed E-state index contributed by atoms with van der Waals surface area (Å²) in [6, 6.07) is 7.42. The summed E-state index contributed by atoms with van der Waals surface area (Å²) in [6.07, 6.45) is 9.60. The largest absolute Gasteiger partial charge is 0.497 e. The SMILES string of the molecule is C=CC(=O)N(CCN=C(/C=C(\C)c1ccc(OC)cc1)C(=O)OCC)C(=O)C/C=C\CCCC.CC.CC. The highest BCUT2D eigenvalue weighted by Crippen LogP contribution is 2.18. The van der Waals surface area contributed by atoms with Crippen LogP contribution in [0.25, 0.3) is 5.57 Å². The second-order valence-corrected chi connectivity index (χ2v) is 7.45. The van der Waals surface area contributed by atoms with Crippen molar-refractivity contribution in [2.45, 2.75) is 74.1 Å². The van der Waals surface area contributed by atoms with Crippen LogP contribution in [0.4, 0.5) is 0 Å². The predicted octanol–water partition coefficient (Wildman–Crippen LogP) is 6.83. The number of benzene rings is 1. The normalized spacial score (nSPS) is 10.9. The third kappa shape index (κ3) is 14.9. The summed E-state index contributed by atoms with van der Waals surface area (Å²) in [7, 11) is 1.59. The molecule has 0 radical (unpaired) electrons. The number of ether oxygens (including phenoxy) is 2. The summed E-state index contributed by atoms with van der Waals surface area (Å²) in [6.45, 7) is 17.4. The van der Waals surface area contributed by atoms with E-state index in [1.807, 2.05) is 65.0 Å². The number of carbonyl (C=O) groups is 3. The Kier molecular flexibility index (Phi) is 23.1. The zero-order valence-corrected chi connectivity index (χ0v) is 24.7. The van der Waals surface area contributed by atoms with Crippen molar-refractivity contribution >= 4 is 29.1 Å². The summed E-state index contributed by atoms with van der Waals surface area (Å²) < 4.78 is 10.3. The van der Waals surface area contributed by atoms with Crippen LogP contribution in [0.2, 0.25) is 0 Å². The zero-order chi connectivity index (χ0) is 29.3. The Labute approximate surface area is 230 Å². The van der Waals surface area contributed by atoms with Crippen molar-refractivity contribution in [1.82, 2.24) is 4.90 Å². The average molecular weight is 529 g/mol. The van der Waals surface area contributed by atoms with E-state index in [0.29, 0.717) is 0 Å². The average Bonchev–Trinajstić information content (AvgIpc) is 2.96. The molecule has 0 saturated carbocycles. The molecule has 1 aromatic rings. The van der Waals surface area contributed by atoms with Crippen LogP contribution in [0, 0.1) is 0 Å². The van der Waals surface area contributed by atoms with Crippen molar-refractivity contribution in [1.29, 1.82) is 0 Å². The lowest BCUT2D eigenvalue weighted by Crippen LogP contribution is -2.37.